The smallest absolute Gasteiger partial charge is 0.244 e. The van der Waals surface area contributed by atoms with Crippen LogP contribution in [0.2, 0.25) is 0 Å². The number of benzene rings is 2. The van der Waals surface area contributed by atoms with Crippen LogP contribution < -0.4 is 19.5 Å². The highest BCUT2D eigenvalue weighted by Crippen LogP contribution is 2.41. The largest absolute Gasteiger partial charge is 0.497 e. The number of nitrogens with one attached hydrogen (secondary N) is 1. The maximum absolute atomic E-state index is 12.4. The van der Waals surface area contributed by atoms with E-state index in [1.807, 2.05) is 51.1 Å². The molecule has 0 bridgehead atoms. The summed E-state index contributed by atoms with van der Waals surface area (Å²) in [6, 6.07) is 9.56. The van der Waals surface area contributed by atoms with Crippen LogP contribution in [0, 0.1) is 0 Å². The van der Waals surface area contributed by atoms with E-state index < -0.39 is 0 Å². The molecule has 1 amide bonds. The normalized spacial score (nSPS) is 12.5. The lowest BCUT2D eigenvalue weighted by Crippen LogP contribution is -2.30. The van der Waals surface area contributed by atoms with Crippen molar-refractivity contribution in [2.75, 3.05) is 21.3 Å². The summed E-state index contributed by atoms with van der Waals surface area (Å²) < 4.78 is 22.3. The van der Waals surface area contributed by atoms with Gasteiger partial charge in [-0.05, 0) is 50.1 Å². The number of allylic oxidation sites excluding steroid dienone is 1. The Hall–Kier alpha value is -3.41. The van der Waals surface area contributed by atoms with Gasteiger partial charge in [0.1, 0.15) is 22.8 Å². The molecule has 31 heavy (non-hydrogen) atoms. The van der Waals surface area contributed by atoms with E-state index >= 15 is 0 Å². The lowest BCUT2D eigenvalue weighted by atomic mass is 9.98. The SMILES string of the molecule is CCC(C)NC(=O)/C=C(\C)c1cc2c(-c3cc(OC)ccc3OC)coc2cc1OC. The van der Waals surface area contributed by atoms with E-state index in [9.17, 15) is 4.79 Å². The van der Waals surface area contributed by atoms with Gasteiger partial charge < -0.3 is 23.9 Å². The molecule has 0 aliphatic rings. The highest BCUT2D eigenvalue weighted by molar-refractivity contribution is 6.01. The van der Waals surface area contributed by atoms with Crippen LogP contribution in [0.25, 0.3) is 27.7 Å². The zero-order chi connectivity index (χ0) is 22.5. The van der Waals surface area contributed by atoms with Crippen molar-refractivity contribution in [1.82, 2.24) is 5.32 Å². The van der Waals surface area contributed by atoms with Crippen LogP contribution >= 0.6 is 0 Å². The number of ether oxygens (including phenoxy) is 3. The zero-order valence-corrected chi connectivity index (χ0v) is 18.9. The average molecular weight is 424 g/mol. The lowest BCUT2D eigenvalue weighted by molar-refractivity contribution is -0.117. The molecule has 0 saturated heterocycles. The Morgan fingerprint density at radius 3 is 2.45 bits per heavy atom. The van der Waals surface area contributed by atoms with Crippen molar-refractivity contribution in [2.24, 2.45) is 0 Å². The molecule has 1 atom stereocenters. The van der Waals surface area contributed by atoms with E-state index in [-0.39, 0.29) is 11.9 Å². The van der Waals surface area contributed by atoms with E-state index in [0.29, 0.717) is 17.1 Å². The van der Waals surface area contributed by atoms with Gasteiger partial charge in [-0.15, -0.1) is 0 Å². The second kappa shape index (κ2) is 9.60. The molecule has 0 aliphatic carbocycles. The van der Waals surface area contributed by atoms with Crippen molar-refractivity contribution >= 4 is 22.4 Å². The topological polar surface area (TPSA) is 69.9 Å². The van der Waals surface area contributed by atoms with E-state index in [2.05, 4.69) is 5.32 Å². The Kier molecular flexibility index (Phi) is 6.90. The van der Waals surface area contributed by atoms with Crippen molar-refractivity contribution in [3.8, 4) is 28.4 Å². The minimum absolute atomic E-state index is 0.113. The van der Waals surface area contributed by atoms with Gasteiger partial charge in [0.05, 0.1) is 27.6 Å². The molecular formula is C25H29NO5. The second-order valence-electron chi connectivity index (χ2n) is 7.41. The Bertz CT molecular complexity index is 1110. The van der Waals surface area contributed by atoms with Gasteiger partial charge in [-0.2, -0.15) is 0 Å². The Labute approximate surface area is 182 Å². The van der Waals surface area contributed by atoms with Crippen molar-refractivity contribution < 1.29 is 23.4 Å². The quantitative estimate of drug-likeness (QED) is 0.488. The number of hydrogen-bond acceptors (Lipinski definition) is 5. The highest BCUT2D eigenvalue weighted by Gasteiger charge is 2.18. The van der Waals surface area contributed by atoms with Crippen LogP contribution in [0.15, 0.2) is 47.1 Å². The molecule has 1 unspecified atom stereocenters. The monoisotopic (exact) mass is 423 g/mol. The number of hydrogen-bond donors (Lipinski definition) is 1. The fourth-order valence-corrected chi connectivity index (χ4v) is 3.43. The molecule has 2 aromatic carbocycles. The molecular weight excluding hydrogens is 394 g/mol. The van der Waals surface area contributed by atoms with Crippen LogP contribution in [0.3, 0.4) is 0 Å². The molecule has 6 nitrogen and oxygen atoms in total. The van der Waals surface area contributed by atoms with E-state index in [4.69, 9.17) is 18.6 Å². The molecule has 1 heterocycles. The van der Waals surface area contributed by atoms with Gasteiger partial charge in [-0.25, -0.2) is 0 Å². The molecule has 3 rings (SSSR count). The van der Waals surface area contributed by atoms with Crippen LogP contribution in [0.1, 0.15) is 32.8 Å². The summed E-state index contributed by atoms with van der Waals surface area (Å²) in [5.74, 6) is 1.93. The summed E-state index contributed by atoms with van der Waals surface area (Å²) >= 11 is 0. The van der Waals surface area contributed by atoms with Crippen LogP contribution in [0.4, 0.5) is 0 Å². The average Bonchev–Trinajstić information content (AvgIpc) is 3.19. The van der Waals surface area contributed by atoms with Gasteiger partial charge in [-0.1, -0.05) is 6.92 Å². The first kappa shape index (κ1) is 22.3. The fourth-order valence-electron chi connectivity index (χ4n) is 3.43. The van der Waals surface area contributed by atoms with Gasteiger partial charge in [-0.3, -0.25) is 4.79 Å². The van der Waals surface area contributed by atoms with Crippen LogP contribution in [-0.2, 0) is 4.79 Å². The number of carbonyl (C=O) groups excluding carboxylic acids is 1. The first-order valence-electron chi connectivity index (χ1n) is 10.2. The number of fused-ring (bicyclic) bond motifs is 1. The third kappa shape index (κ3) is 4.68. The molecule has 0 fully saturated rings. The van der Waals surface area contributed by atoms with Crippen molar-refractivity contribution in [3.63, 3.8) is 0 Å². The molecule has 1 aromatic heterocycles. The molecule has 0 radical (unpaired) electrons. The van der Waals surface area contributed by atoms with Crippen LogP contribution in [-0.4, -0.2) is 33.3 Å². The summed E-state index contributed by atoms with van der Waals surface area (Å²) in [6.45, 7) is 5.91. The predicted octanol–water partition coefficient (Wildman–Crippen LogP) is 5.44. The first-order chi connectivity index (χ1) is 14.9. The van der Waals surface area contributed by atoms with Crippen molar-refractivity contribution in [2.45, 2.75) is 33.2 Å². The Balaban J connectivity index is 2.12. The predicted molar refractivity (Wildman–Crippen MR) is 123 cm³/mol. The number of furan rings is 1. The number of methoxy groups -OCH3 is 3. The Morgan fingerprint density at radius 2 is 1.81 bits per heavy atom. The summed E-state index contributed by atoms with van der Waals surface area (Å²) in [7, 11) is 4.86. The molecule has 1 N–H and O–H groups in total. The second-order valence-corrected chi connectivity index (χ2v) is 7.41. The summed E-state index contributed by atoms with van der Waals surface area (Å²) in [5.41, 5.74) is 4.01. The molecule has 0 saturated carbocycles. The zero-order valence-electron chi connectivity index (χ0n) is 18.9. The van der Waals surface area contributed by atoms with E-state index in [0.717, 1.165) is 39.8 Å². The standard InChI is InChI=1S/C25H29NO5/c1-7-16(3)26-25(27)10-15(2)18-12-20-21(14-31-24(20)13-23(18)30-6)19-11-17(28-4)8-9-22(19)29-5/h8-14,16H,7H2,1-6H3,(H,26,27)/b15-10+. The number of amides is 1. The summed E-state index contributed by atoms with van der Waals surface area (Å²) in [4.78, 5) is 12.4. The first-order valence-corrected chi connectivity index (χ1v) is 10.2. The minimum Gasteiger partial charge on any atom is -0.497 e. The molecule has 0 aliphatic heterocycles. The third-order valence-corrected chi connectivity index (χ3v) is 5.37. The third-order valence-electron chi connectivity index (χ3n) is 5.37. The Morgan fingerprint density at radius 1 is 1.06 bits per heavy atom. The summed E-state index contributed by atoms with van der Waals surface area (Å²) in [6.07, 6.45) is 4.16. The van der Waals surface area contributed by atoms with E-state index in [1.165, 1.54) is 0 Å². The maximum Gasteiger partial charge on any atom is 0.244 e. The lowest BCUT2D eigenvalue weighted by Gasteiger charge is -2.13. The maximum atomic E-state index is 12.4. The number of carbonyl (C=O) groups is 1. The fraction of sp³-hybridized carbons (Fsp3) is 0.320. The molecule has 164 valence electrons. The minimum atomic E-state index is -0.129. The van der Waals surface area contributed by atoms with Gasteiger partial charge in [0, 0.05) is 40.3 Å². The molecule has 3 aromatic rings. The highest BCUT2D eigenvalue weighted by atomic mass is 16.5. The van der Waals surface area contributed by atoms with E-state index in [1.54, 1.807) is 33.7 Å². The van der Waals surface area contributed by atoms with Crippen LogP contribution in [0.5, 0.6) is 17.2 Å². The van der Waals surface area contributed by atoms with Gasteiger partial charge in [0.15, 0.2) is 0 Å². The number of rotatable bonds is 8. The van der Waals surface area contributed by atoms with Gasteiger partial charge in [0.2, 0.25) is 5.91 Å². The molecule has 6 heteroatoms. The van der Waals surface area contributed by atoms with Gasteiger partial charge in [0.25, 0.3) is 0 Å². The van der Waals surface area contributed by atoms with Crippen molar-refractivity contribution in [3.05, 3.63) is 48.2 Å². The summed E-state index contributed by atoms with van der Waals surface area (Å²) in [5, 5.41) is 3.85. The van der Waals surface area contributed by atoms with Gasteiger partial charge >= 0.3 is 0 Å². The van der Waals surface area contributed by atoms with Crippen molar-refractivity contribution in [1.29, 1.82) is 0 Å². The molecule has 0 spiro atoms.